The molecule has 0 spiro atoms. The van der Waals surface area contributed by atoms with Gasteiger partial charge in [-0.2, -0.15) is 0 Å². The van der Waals surface area contributed by atoms with E-state index in [-0.39, 0.29) is 5.75 Å². The molecule has 4 nitrogen and oxygen atoms in total. The first-order valence-corrected chi connectivity index (χ1v) is 7.13. The summed E-state index contributed by atoms with van der Waals surface area (Å²) in [7, 11) is -3.29. The van der Waals surface area contributed by atoms with E-state index in [9.17, 15) is 13.5 Å². The molecule has 0 unspecified atom stereocenters. The maximum Gasteiger partial charge on any atom is 0.229 e. The fraction of sp³-hybridized carbons (Fsp3) is 0.455. The lowest BCUT2D eigenvalue weighted by Crippen LogP contribution is -2.11. The summed E-state index contributed by atoms with van der Waals surface area (Å²) in [5, 5.41) is 9.35. The predicted octanol–water partition coefficient (Wildman–Crippen LogP) is 1.72. The summed E-state index contributed by atoms with van der Waals surface area (Å²) in [6.07, 6.45) is 4.40. The van der Waals surface area contributed by atoms with E-state index in [4.69, 9.17) is 0 Å². The Morgan fingerprint density at radius 1 is 1.44 bits per heavy atom. The smallest absolute Gasteiger partial charge is 0.229 e. The minimum atomic E-state index is -3.29. The summed E-state index contributed by atoms with van der Waals surface area (Å²) in [6.45, 7) is 0. The molecule has 2 rings (SSSR count). The molecule has 0 atom stereocenters. The first-order chi connectivity index (χ1) is 7.44. The van der Waals surface area contributed by atoms with E-state index in [0.717, 1.165) is 18.2 Å². The van der Waals surface area contributed by atoms with E-state index in [1.165, 1.54) is 18.9 Å². The van der Waals surface area contributed by atoms with Crippen LogP contribution in [-0.4, -0.2) is 19.8 Å². The molecule has 0 aliphatic heterocycles. The Morgan fingerprint density at radius 3 is 2.69 bits per heavy atom. The van der Waals surface area contributed by atoms with E-state index in [2.05, 4.69) is 4.72 Å². The van der Waals surface area contributed by atoms with Crippen molar-refractivity contribution >= 4 is 15.7 Å². The monoisotopic (exact) mass is 241 g/mol. The highest BCUT2D eigenvalue weighted by molar-refractivity contribution is 7.92. The van der Waals surface area contributed by atoms with Gasteiger partial charge in [-0.3, -0.25) is 4.72 Å². The largest absolute Gasteiger partial charge is 0.508 e. The van der Waals surface area contributed by atoms with Gasteiger partial charge in [0.25, 0.3) is 0 Å². The number of sulfonamides is 1. The number of benzene rings is 1. The van der Waals surface area contributed by atoms with Crippen molar-refractivity contribution in [3.63, 3.8) is 0 Å². The number of phenolic OH excluding ortho intramolecular Hbond substituents is 1. The summed E-state index contributed by atoms with van der Waals surface area (Å²) < 4.78 is 24.8. The third-order valence-electron chi connectivity index (χ3n) is 2.59. The molecule has 0 amide bonds. The fourth-order valence-electron chi connectivity index (χ4n) is 1.67. The minimum Gasteiger partial charge on any atom is -0.508 e. The summed E-state index contributed by atoms with van der Waals surface area (Å²) in [5.74, 6) is 0.746. The van der Waals surface area contributed by atoms with Crippen LogP contribution in [0.4, 0.5) is 5.69 Å². The molecule has 0 aromatic heterocycles. The van der Waals surface area contributed by atoms with Crippen LogP contribution >= 0.6 is 0 Å². The Balaban J connectivity index is 2.27. The minimum absolute atomic E-state index is 0.0747. The Bertz CT molecular complexity index is 492. The molecular weight excluding hydrogens is 226 g/mol. The predicted molar refractivity (Wildman–Crippen MR) is 63.0 cm³/mol. The highest BCUT2D eigenvalue weighted by Gasteiger charge is 2.23. The van der Waals surface area contributed by atoms with Crippen molar-refractivity contribution in [2.45, 2.75) is 19.3 Å². The van der Waals surface area contributed by atoms with Crippen LogP contribution < -0.4 is 4.72 Å². The molecule has 0 bridgehead atoms. The van der Waals surface area contributed by atoms with E-state index < -0.39 is 10.0 Å². The number of rotatable bonds is 4. The summed E-state index contributed by atoms with van der Waals surface area (Å²) >= 11 is 0. The average molecular weight is 241 g/mol. The molecule has 2 N–H and O–H groups in total. The molecule has 1 saturated carbocycles. The van der Waals surface area contributed by atoms with Gasteiger partial charge < -0.3 is 5.11 Å². The second-order valence-electron chi connectivity index (χ2n) is 4.36. The lowest BCUT2D eigenvalue weighted by Gasteiger charge is -2.10. The zero-order valence-corrected chi connectivity index (χ0v) is 9.92. The summed E-state index contributed by atoms with van der Waals surface area (Å²) in [4.78, 5) is 0. The van der Waals surface area contributed by atoms with Gasteiger partial charge in [-0.25, -0.2) is 8.42 Å². The second kappa shape index (κ2) is 3.97. The molecule has 5 heteroatoms. The molecule has 1 aliphatic carbocycles. The van der Waals surface area contributed by atoms with E-state index in [0.29, 0.717) is 11.6 Å². The van der Waals surface area contributed by atoms with E-state index in [1.807, 2.05) is 0 Å². The molecule has 16 heavy (non-hydrogen) atoms. The van der Waals surface area contributed by atoms with Gasteiger partial charge in [0, 0.05) is 6.07 Å². The molecule has 0 saturated heterocycles. The van der Waals surface area contributed by atoms with Crippen molar-refractivity contribution in [2.24, 2.45) is 5.92 Å². The van der Waals surface area contributed by atoms with Gasteiger partial charge in [-0.1, -0.05) is 6.07 Å². The molecule has 1 aromatic rings. The highest BCUT2D eigenvalue weighted by atomic mass is 32.2. The lowest BCUT2D eigenvalue weighted by atomic mass is 10.1. The van der Waals surface area contributed by atoms with Crippen LogP contribution in [0.3, 0.4) is 0 Å². The molecule has 1 aliphatic rings. The fourth-order valence-corrected chi connectivity index (χ4v) is 2.26. The Labute approximate surface area is 95.4 Å². The first kappa shape index (κ1) is 11.3. The number of phenols is 1. The standard InChI is InChI=1S/C11H15NO3S/c1-16(14,15)12-11-7-10(13)5-4-9(11)6-8-2-3-8/h4-5,7-8,12-13H,2-3,6H2,1H3. The van der Waals surface area contributed by atoms with Crippen molar-refractivity contribution in [3.05, 3.63) is 23.8 Å². The van der Waals surface area contributed by atoms with Gasteiger partial charge >= 0.3 is 0 Å². The quantitative estimate of drug-likeness (QED) is 0.843. The highest BCUT2D eigenvalue weighted by Crippen LogP contribution is 2.35. The average Bonchev–Trinajstić information content (AvgIpc) is 2.91. The molecule has 0 heterocycles. The molecule has 0 radical (unpaired) electrons. The van der Waals surface area contributed by atoms with Crippen LogP contribution in [0.15, 0.2) is 18.2 Å². The van der Waals surface area contributed by atoms with Gasteiger partial charge in [0.1, 0.15) is 5.75 Å². The van der Waals surface area contributed by atoms with Crippen LogP contribution in [0.2, 0.25) is 0 Å². The maximum atomic E-state index is 11.2. The zero-order chi connectivity index (χ0) is 11.8. The number of anilines is 1. The molecule has 1 fully saturated rings. The SMILES string of the molecule is CS(=O)(=O)Nc1cc(O)ccc1CC1CC1. The third-order valence-corrected chi connectivity index (χ3v) is 3.19. The van der Waals surface area contributed by atoms with Gasteiger partial charge in [0.15, 0.2) is 0 Å². The number of hydrogen-bond acceptors (Lipinski definition) is 3. The maximum absolute atomic E-state index is 11.2. The van der Waals surface area contributed by atoms with Gasteiger partial charge in [-0.05, 0) is 36.8 Å². The van der Waals surface area contributed by atoms with E-state index in [1.54, 1.807) is 12.1 Å². The summed E-state index contributed by atoms with van der Waals surface area (Å²) in [5.41, 5.74) is 1.44. The Hall–Kier alpha value is -1.23. The van der Waals surface area contributed by atoms with Crippen LogP contribution in [0, 0.1) is 5.92 Å². The van der Waals surface area contributed by atoms with Crippen LogP contribution in [-0.2, 0) is 16.4 Å². The lowest BCUT2D eigenvalue weighted by molar-refractivity contribution is 0.475. The second-order valence-corrected chi connectivity index (χ2v) is 6.11. The van der Waals surface area contributed by atoms with Crippen molar-refractivity contribution < 1.29 is 13.5 Å². The van der Waals surface area contributed by atoms with Crippen molar-refractivity contribution in [2.75, 3.05) is 11.0 Å². The van der Waals surface area contributed by atoms with Crippen molar-refractivity contribution in [3.8, 4) is 5.75 Å². The van der Waals surface area contributed by atoms with Crippen molar-refractivity contribution in [1.29, 1.82) is 0 Å². The molecule has 1 aromatic carbocycles. The normalized spacial score (nSPS) is 16.1. The number of aromatic hydroxyl groups is 1. The number of nitrogens with one attached hydrogen (secondary N) is 1. The van der Waals surface area contributed by atoms with Crippen LogP contribution in [0.25, 0.3) is 0 Å². The van der Waals surface area contributed by atoms with Crippen LogP contribution in [0.5, 0.6) is 5.75 Å². The zero-order valence-electron chi connectivity index (χ0n) is 9.10. The topological polar surface area (TPSA) is 66.4 Å². The Kier molecular flexibility index (Phi) is 2.80. The van der Waals surface area contributed by atoms with E-state index >= 15 is 0 Å². The molecular formula is C11H15NO3S. The summed E-state index contributed by atoms with van der Waals surface area (Å²) in [6, 6.07) is 4.82. The van der Waals surface area contributed by atoms with Gasteiger partial charge in [0.2, 0.25) is 10.0 Å². The third kappa shape index (κ3) is 3.13. The van der Waals surface area contributed by atoms with Crippen molar-refractivity contribution in [1.82, 2.24) is 0 Å². The first-order valence-electron chi connectivity index (χ1n) is 5.24. The Morgan fingerprint density at radius 2 is 2.12 bits per heavy atom. The van der Waals surface area contributed by atoms with Crippen LogP contribution in [0.1, 0.15) is 18.4 Å². The van der Waals surface area contributed by atoms with Gasteiger partial charge in [0.05, 0.1) is 11.9 Å². The van der Waals surface area contributed by atoms with Gasteiger partial charge in [-0.15, -0.1) is 0 Å². The molecule has 88 valence electrons. The number of hydrogen-bond donors (Lipinski definition) is 2.